The molecule has 0 heterocycles. The van der Waals surface area contributed by atoms with Gasteiger partial charge in [-0.15, -0.1) is 0 Å². The molecular formula is C11H20N2O3. The maximum absolute atomic E-state index is 12.1. The van der Waals surface area contributed by atoms with Crippen LogP contribution in [0.1, 0.15) is 33.1 Å². The molecule has 0 saturated heterocycles. The van der Waals surface area contributed by atoms with Crippen molar-refractivity contribution in [2.45, 2.75) is 38.6 Å². The largest absolute Gasteiger partial charge is 0.480 e. The molecule has 1 atom stereocenters. The van der Waals surface area contributed by atoms with Crippen molar-refractivity contribution in [3.8, 4) is 0 Å². The number of carboxylic acids is 1. The Morgan fingerprint density at radius 1 is 1.50 bits per heavy atom. The summed E-state index contributed by atoms with van der Waals surface area (Å²) in [7, 11) is 0. The molecule has 1 aliphatic rings. The fourth-order valence-electron chi connectivity index (χ4n) is 1.88. The first-order valence-corrected chi connectivity index (χ1v) is 5.69. The Hall–Kier alpha value is -1.10. The second-order valence-corrected chi connectivity index (χ2v) is 4.68. The van der Waals surface area contributed by atoms with Crippen molar-refractivity contribution in [1.29, 1.82) is 0 Å². The molecular weight excluding hydrogens is 208 g/mol. The van der Waals surface area contributed by atoms with E-state index in [-0.39, 0.29) is 18.4 Å². The highest BCUT2D eigenvalue weighted by Crippen LogP contribution is 2.38. The van der Waals surface area contributed by atoms with Crippen molar-refractivity contribution < 1.29 is 14.7 Å². The highest BCUT2D eigenvalue weighted by molar-refractivity contribution is 5.89. The van der Waals surface area contributed by atoms with Gasteiger partial charge in [0, 0.05) is 6.54 Å². The van der Waals surface area contributed by atoms with Crippen LogP contribution >= 0.6 is 0 Å². The molecule has 0 bridgehead atoms. The molecule has 0 aliphatic heterocycles. The van der Waals surface area contributed by atoms with Crippen LogP contribution in [0, 0.1) is 5.92 Å². The zero-order valence-electron chi connectivity index (χ0n) is 9.90. The monoisotopic (exact) mass is 228 g/mol. The minimum atomic E-state index is -0.992. The summed E-state index contributed by atoms with van der Waals surface area (Å²) in [6.45, 7) is 3.81. The van der Waals surface area contributed by atoms with Crippen molar-refractivity contribution in [3.05, 3.63) is 0 Å². The lowest BCUT2D eigenvalue weighted by atomic mass is 9.95. The summed E-state index contributed by atoms with van der Waals surface area (Å²) < 4.78 is 0. The first-order valence-electron chi connectivity index (χ1n) is 5.69. The van der Waals surface area contributed by atoms with Crippen LogP contribution in [0.3, 0.4) is 0 Å². The molecule has 1 fully saturated rings. The van der Waals surface area contributed by atoms with E-state index in [1.54, 1.807) is 6.92 Å². The Morgan fingerprint density at radius 2 is 2.06 bits per heavy atom. The van der Waals surface area contributed by atoms with E-state index < -0.39 is 11.5 Å². The van der Waals surface area contributed by atoms with Gasteiger partial charge in [-0.1, -0.05) is 6.92 Å². The Labute approximate surface area is 95.6 Å². The maximum atomic E-state index is 12.1. The van der Waals surface area contributed by atoms with Gasteiger partial charge in [0.1, 0.15) is 6.54 Å². The SMILES string of the molecule is CCCN(CC(=O)O)C(=O)C(C)(N)C1CC1. The second-order valence-electron chi connectivity index (χ2n) is 4.68. The van der Waals surface area contributed by atoms with Crippen molar-refractivity contribution >= 4 is 11.9 Å². The van der Waals surface area contributed by atoms with Crippen LogP contribution in [0.5, 0.6) is 0 Å². The maximum Gasteiger partial charge on any atom is 0.323 e. The molecule has 0 spiro atoms. The van der Waals surface area contributed by atoms with Crippen LogP contribution in [0.25, 0.3) is 0 Å². The minimum Gasteiger partial charge on any atom is -0.480 e. The molecule has 1 amide bonds. The van der Waals surface area contributed by atoms with Crippen LogP contribution in [0.2, 0.25) is 0 Å². The van der Waals surface area contributed by atoms with E-state index >= 15 is 0 Å². The lowest BCUT2D eigenvalue weighted by molar-refractivity contribution is -0.147. The van der Waals surface area contributed by atoms with Gasteiger partial charge >= 0.3 is 5.97 Å². The highest BCUT2D eigenvalue weighted by Gasteiger charge is 2.45. The summed E-state index contributed by atoms with van der Waals surface area (Å²) in [5.41, 5.74) is 5.09. The summed E-state index contributed by atoms with van der Waals surface area (Å²) in [6, 6.07) is 0. The van der Waals surface area contributed by atoms with Crippen LogP contribution < -0.4 is 5.73 Å². The molecule has 0 aromatic heterocycles. The van der Waals surface area contributed by atoms with Crippen molar-refractivity contribution in [2.24, 2.45) is 11.7 Å². The van der Waals surface area contributed by atoms with Crippen LogP contribution in [-0.2, 0) is 9.59 Å². The third kappa shape index (κ3) is 2.95. The van der Waals surface area contributed by atoms with Gasteiger partial charge in [-0.05, 0) is 32.1 Å². The number of carboxylic acid groups (broad SMARTS) is 1. The Kier molecular flexibility index (Phi) is 3.91. The standard InChI is InChI=1S/C11H20N2O3/c1-3-6-13(7-9(14)15)10(16)11(2,12)8-4-5-8/h8H,3-7,12H2,1-2H3,(H,14,15). The third-order valence-electron chi connectivity index (χ3n) is 2.99. The molecule has 92 valence electrons. The van der Waals surface area contributed by atoms with Gasteiger partial charge in [-0.3, -0.25) is 9.59 Å². The van der Waals surface area contributed by atoms with Crippen molar-refractivity contribution in [1.82, 2.24) is 4.90 Å². The fraction of sp³-hybridized carbons (Fsp3) is 0.818. The topological polar surface area (TPSA) is 83.6 Å². The number of carbonyl (C=O) groups excluding carboxylic acids is 1. The summed E-state index contributed by atoms with van der Waals surface area (Å²) in [5, 5.41) is 8.74. The smallest absolute Gasteiger partial charge is 0.323 e. The number of nitrogens with two attached hydrogens (primary N) is 1. The Bertz CT molecular complexity index is 285. The van der Waals surface area contributed by atoms with Crippen molar-refractivity contribution in [3.63, 3.8) is 0 Å². The molecule has 1 rings (SSSR count). The van der Waals surface area contributed by atoms with Crippen molar-refractivity contribution in [2.75, 3.05) is 13.1 Å². The minimum absolute atomic E-state index is 0.216. The van der Waals surface area contributed by atoms with E-state index in [0.29, 0.717) is 6.54 Å². The molecule has 16 heavy (non-hydrogen) atoms. The first kappa shape index (κ1) is 13.0. The molecule has 1 saturated carbocycles. The van der Waals surface area contributed by atoms with Crippen LogP contribution in [0.15, 0.2) is 0 Å². The first-order chi connectivity index (χ1) is 7.39. The number of carbonyl (C=O) groups is 2. The number of hydrogen-bond donors (Lipinski definition) is 2. The summed E-state index contributed by atoms with van der Waals surface area (Å²) in [6.07, 6.45) is 2.66. The average molecular weight is 228 g/mol. The summed E-state index contributed by atoms with van der Waals surface area (Å²) in [5.74, 6) is -1.01. The quantitative estimate of drug-likeness (QED) is 0.691. The number of hydrogen-bond acceptors (Lipinski definition) is 3. The van der Waals surface area contributed by atoms with Gasteiger partial charge in [0.2, 0.25) is 5.91 Å². The summed E-state index contributed by atoms with van der Waals surface area (Å²) in [4.78, 5) is 24.1. The Morgan fingerprint density at radius 3 is 2.44 bits per heavy atom. The molecule has 1 unspecified atom stereocenters. The lowest BCUT2D eigenvalue weighted by Gasteiger charge is -2.30. The zero-order valence-corrected chi connectivity index (χ0v) is 9.90. The molecule has 1 aliphatic carbocycles. The third-order valence-corrected chi connectivity index (χ3v) is 2.99. The second kappa shape index (κ2) is 4.82. The molecule has 5 heteroatoms. The van der Waals surface area contributed by atoms with Gasteiger partial charge in [0.25, 0.3) is 0 Å². The average Bonchev–Trinajstić information content (AvgIpc) is 2.98. The molecule has 0 radical (unpaired) electrons. The fourth-order valence-corrected chi connectivity index (χ4v) is 1.88. The number of nitrogens with zero attached hydrogens (tertiary/aromatic N) is 1. The number of rotatable bonds is 6. The van der Waals surface area contributed by atoms with E-state index in [1.165, 1.54) is 4.90 Å². The highest BCUT2D eigenvalue weighted by atomic mass is 16.4. The van der Waals surface area contributed by atoms with Crippen LogP contribution in [-0.4, -0.2) is 40.5 Å². The predicted octanol–water partition coefficient (Wildman–Crippen LogP) is 0.437. The number of aliphatic carboxylic acids is 1. The number of amides is 1. The van der Waals surface area contributed by atoms with Crippen LogP contribution in [0.4, 0.5) is 0 Å². The Balaban J connectivity index is 2.68. The lowest BCUT2D eigenvalue weighted by Crippen LogP contribution is -2.56. The summed E-state index contributed by atoms with van der Waals surface area (Å²) >= 11 is 0. The normalized spacial score (nSPS) is 18.9. The molecule has 0 aromatic rings. The predicted molar refractivity (Wildman–Crippen MR) is 59.8 cm³/mol. The van der Waals surface area contributed by atoms with Gasteiger partial charge in [0.15, 0.2) is 0 Å². The molecule has 5 nitrogen and oxygen atoms in total. The van der Waals surface area contributed by atoms with Gasteiger partial charge in [0.05, 0.1) is 5.54 Å². The van der Waals surface area contributed by atoms with E-state index in [4.69, 9.17) is 10.8 Å². The van der Waals surface area contributed by atoms with E-state index in [2.05, 4.69) is 0 Å². The van der Waals surface area contributed by atoms with Gasteiger partial charge in [-0.25, -0.2) is 0 Å². The van der Waals surface area contributed by atoms with E-state index in [9.17, 15) is 9.59 Å². The van der Waals surface area contributed by atoms with Gasteiger partial charge in [-0.2, -0.15) is 0 Å². The van der Waals surface area contributed by atoms with E-state index in [0.717, 1.165) is 19.3 Å². The molecule has 0 aromatic carbocycles. The zero-order chi connectivity index (χ0) is 12.3. The van der Waals surface area contributed by atoms with E-state index in [1.807, 2.05) is 6.92 Å². The van der Waals surface area contributed by atoms with Gasteiger partial charge < -0.3 is 15.7 Å². The molecule has 3 N–H and O–H groups in total.